The number of imidazole rings is 1. The minimum absolute atomic E-state index is 0.124. The van der Waals surface area contributed by atoms with E-state index in [2.05, 4.69) is 19.9 Å². The molecule has 2 amide bonds. The van der Waals surface area contributed by atoms with Gasteiger partial charge in [-0.05, 0) is 18.2 Å². The quantitative estimate of drug-likeness (QED) is 0.686. The van der Waals surface area contributed by atoms with Crippen LogP contribution in [0.2, 0.25) is 0 Å². The molecule has 4 rings (SSSR count). The summed E-state index contributed by atoms with van der Waals surface area (Å²) in [7, 11) is 0. The topological polar surface area (TPSA) is 115 Å². The van der Waals surface area contributed by atoms with Gasteiger partial charge in [-0.3, -0.25) is 14.6 Å². The fraction of sp³-hybridized carbons (Fsp3) is 0.235. The summed E-state index contributed by atoms with van der Waals surface area (Å²) in [6.45, 7) is 1.74. The number of aromatic amines is 2. The van der Waals surface area contributed by atoms with Crippen LogP contribution < -0.4 is 5.69 Å². The van der Waals surface area contributed by atoms with Crippen LogP contribution in [-0.2, 0) is 0 Å². The molecule has 3 aromatic rings. The summed E-state index contributed by atoms with van der Waals surface area (Å²) in [5, 5.41) is 0. The summed E-state index contributed by atoms with van der Waals surface area (Å²) < 4.78 is 0. The van der Waals surface area contributed by atoms with E-state index in [0.717, 1.165) is 0 Å². The summed E-state index contributed by atoms with van der Waals surface area (Å²) >= 11 is 0. The van der Waals surface area contributed by atoms with E-state index in [0.29, 0.717) is 48.5 Å². The number of carbonyl (C=O) groups is 2. The van der Waals surface area contributed by atoms with Gasteiger partial charge in [0.25, 0.3) is 11.8 Å². The van der Waals surface area contributed by atoms with Crippen LogP contribution in [0.1, 0.15) is 20.8 Å². The van der Waals surface area contributed by atoms with E-state index in [-0.39, 0.29) is 17.5 Å². The van der Waals surface area contributed by atoms with Crippen LogP contribution in [0.15, 0.2) is 41.6 Å². The molecule has 3 heterocycles. The molecule has 132 valence electrons. The van der Waals surface area contributed by atoms with Crippen molar-refractivity contribution in [2.45, 2.75) is 0 Å². The lowest BCUT2D eigenvalue weighted by Gasteiger charge is -2.34. The Balaban J connectivity index is 1.44. The molecule has 0 unspecified atom stereocenters. The van der Waals surface area contributed by atoms with Crippen LogP contribution in [-0.4, -0.2) is 67.7 Å². The van der Waals surface area contributed by atoms with Gasteiger partial charge in [-0.2, -0.15) is 0 Å². The first-order chi connectivity index (χ1) is 12.6. The van der Waals surface area contributed by atoms with Crippen LogP contribution in [0.4, 0.5) is 0 Å². The number of nitrogens with zero attached hydrogens (tertiary/aromatic N) is 4. The molecule has 9 heteroatoms. The van der Waals surface area contributed by atoms with Gasteiger partial charge in [0.2, 0.25) is 0 Å². The normalized spacial score (nSPS) is 14.6. The molecule has 0 atom stereocenters. The van der Waals surface area contributed by atoms with E-state index in [1.54, 1.807) is 28.0 Å². The van der Waals surface area contributed by atoms with Crippen molar-refractivity contribution in [3.8, 4) is 0 Å². The number of aromatic nitrogens is 4. The zero-order valence-corrected chi connectivity index (χ0v) is 13.8. The van der Waals surface area contributed by atoms with Crippen LogP contribution >= 0.6 is 0 Å². The average molecular weight is 352 g/mol. The Morgan fingerprint density at radius 2 is 1.62 bits per heavy atom. The largest absolute Gasteiger partial charge is 0.335 e. The van der Waals surface area contributed by atoms with Gasteiger partial charge in [-0.25, -0.2) is 9.78 Å². The second-order valence-electron chi connectivity index (χ2n) is 6.01. The molecule has 1 aromatic carbocycles. The van der Waals surface area contributed by atoms with Gasteiger partial charge in [0.1, 0.15) is 5.69 Å². The Kier molecular flexibility index (Phi) is 3.96. The Labute approximate surface area is 147 Å². The SMILES string of the molecule is O=C(c1ccc2[nH]c(=O)[nH]c2c1)N1CCN(C(=O)c2cnccn2)CC1. The molecule has 0 saturated carbocycles. The first-order valence-corrected chi connectivity index (χ1v) is 8.18. The number of carbonyl (C=O) groups excluding carboxylic acids is 2. The third-order valence-corrected chi connectivity index (χ3v) is 4.40. The smallest absolute Gasteiger partial charge is 0.323 e. The fourth-order valence-corrected chi connectivity index (χ4v) is 3.03. The molecular weight excluding hydrogens is 336 g/mol. The van der Waals surface area contributed by atoms with E-state index in [9.17, 15) is 14.4 Å². The third kappa shape index (κ3) is 2.94. The van der Waals surface area contributed by atoms with Crippen LogP contribution in [0.5, 0.6) is 0 Å². The van der Waals surface area contributed by atoms with Crippen molar-refractivity contribution in [1.82, 2.24) is 29.7 Å². The molecule has 1 fully saturated rings. The Morgan fingerprint density at radius 3 is 2.31 bits per heavy atom. The van der Waals surface area contributed by atoms with Crippen LogP contribution in [0, 0.1) is 0 Å². The lowest BCUT2D eigenvalue weighted by atomic mass is 10.1. The molecule has 2 N–H and O–H groups in total. The zero-order chi connectivity index (χ0) is 18.1. The van der Waals surface area contributed by atoms with Crippen molar-refractivity contribution in [2.75, 3.05) is 26.2 Å². The molecule has 1 aliphatic rings. The zero-order valence-electron chi connectivity index (χ0n) is 13.8. The summed E-state index contributed by atoms with van der Waals surface area (Å²) in [5.74, 6) is -0.308. The molecule has 1 aliphatic heterocycles. The number of rotatable bonds is 2. The Hall–Kier alpha value is -3.49. The standard InChI is InChI=1S/C17H16N6O3/c24-15(11-1-2-12-13(9-11)21-17(26)20-12)22-5-7-23(8-6-22)16(25)14-10-18-3-4-19-14/h1-4,9-10H,5-8H2,(H2,20,21,26). The van der Waals surface area contributed by atoms with Gasteiger partial charge in [-0.1, -0.05) is 0 Å². The molecule has 2 aromatic heterocycles. The van der Waals surface area contributed by atoms with Crippen LogP contribution in [0.25, 0.3) is 11.0 Å². The molecule has 0 aliphatic carbocycles. The number of fused-ring (bicyclic) bond motifs is 1. The van der Waals surface area contributed by atoms with Gasteiger partial charge < -0.3 is 19.8 Å². The number of hydrogen-bond acceptors (Lipinski definition) is 5. The maximum atomic E-state index is 12.7. The Bertz CT molecular complexity index is 1020. The van der Waals surface area contributed by atoms with Gasteiger partial charge in [0.05, 0.1) is 17.2 Å². The van der Waals surface area contributed by atoms with Crippen molar-refractivity contribution in [1.29, 1.82) is 0 Å². The first kappa shape index (κ1) is 16.0. The molecule has 9 nitrogen and oxygen atoms in total. The van der Waals surface area contributed by atoms with Crippen molar-refractivity contribution >= 4 is 22.8 Å². The highest BCUT2D eigenvalue weighted by Gasteiger charge is 2.26. The fourth-order valence-electron chi connectivity index (χ4n) is 3.03. The summed E-state index contributed by atoms with van der Waals surface area (Å²) in [5.41, 5.74) is 1.75. The average Bonchev–Trinajstić information content (AvgIpc) is 3.07. The monoisotopic (exact) mass is 352 g/mol. The summed E-state index contributed by atoms with van der Waals surface area (Å²) in [6.07, 6.45) is 4.43. The lowest BCUT2D eigenvalue weighted by Crippen LogP contribution is -2.50. The van der Waals surface area contributed by atoms with Crippen LogP contribution in [0.3, 0.4) is 0 Å². The number of benzene rings is 1. The number of piperazine rings is 1. The van der Waals surface area contributed by atoms with Gasteiger partial charge >= 0.3 is 5.69 Å². The molecule has 1 saturated heterocycles. The number of amides is 2. The summed E-state index contributed by atoms with van der Waals surface area (Å²) in [4.78, 5) is 53.0. The second kappa shape index (κ2) is 6.43. The van der Waals surface area contributed by atoms with Crippen molar-refractivity contribution in [2.24, 2.45) is 0 Å². The van der Waals surface area contributed by atoms with E-state index < -0.39 is 0 Å². The first-order valence-electron chi connectivity index (χ1n) is 8.18. The molecule has 0 bridgehead atoms. The van der Waals surface area contributed by atoms with Gasteiger partial charge in [-0.15, -0.1) is 0 Å². The highest BCUT2D eigenvalue weighted by molar-refractivity contribution is 5.97. The minimum Gasteiger partial charge on any atom is -0.335 e. The molecular formula is C17H16N6O3. The highest BCUT2D eigenvalue weighted by atomic mass is 16.2. The molecule has 0 spiro atoms. The molecule has 26 heavy (non-hydrogen) atoms. The van der Waals surface area contributed by atoms with Crippen molar-refractivity contribution in [3.63, 3.8) is 0 Å². The predicted octanol–water partition coefficient (Wildman–Crippen LogP) is 0.244. The number of hydrogen-bond donors (Lipinski definition) is 2. The van der Waals surface area contributed by atoms with E-state index in [1.807, 2.05) is 0 Å². The number of nitrogens with one attached hydrogen (secondary N) is 2. The maximum Gasteiger partial charge on any atom is 0.323 e. The van der Waals surface area contributed by atoms with Gasteiger partial charge in [0.15, 0.2) is 0 Å². The van der Waals surface area contributed by atoms with Crippen molar-refractivity contribution < 1.29 is 9.59 Å². The van der Waals surface area contributed by atoms with Crippen molar-refractivity contribution in [3.05, 3.63) is 58.5 Å². The third-order valence-electron chi connectivity index (χ3n) is 4.40. The molecule has 0 radical (unpaired) electrons. The maximum absolute atomic E-state index is 12.7. The lowest BCUT2D eigenvalue weighted by molar-refractivity contribution is 0.0532. The number of H-pyrrole nitrogens is 2. The van der Waals surface area contributed by atoms with E-state index in [1.165, 1.54) is 18.6 Å². The van der Waals surface area contributed by atoms with E-state index in [4.69, 9.17) is 0 Å². The summed E-state index contributed by atoms with van der Waals surface area (Å²) in [6, 6.07) is 5.05. The minimum atomic E-state index is -0.305. The van der Waals surface area contributed by atoms with Gasteiger partial charge in [0, 0.05) is 44.1 Å². The Morgan fingerprint density at radius 1 is 0.923 bits per heavy atom. The second-order valence-corrected chi connectivity index (χ2v) is 6.01. The van der Waals surface area contributed by atoms with E-state index >= 15 is 0 Å². The highest BCUT2D eigenvalue weighted by Crippen LogP contribution is 2.14. The predicted molar refractivity (Wildman–Crippen MR) is 92.8 cm³/mol.